The van der Waals surface area contributed by atoms with E-state index in [0.29, 0.717) is 11.5 Å². The third-order valence-corrected chi connectivity index (χ3v) is 5.23. The Labute approximate surface area is 166 Å². The van der Waals surface area contributed by atoms with Crippen molar-refractivity contribution in [3.63, 3.8) is 0 Å². The molecule has 5 nitrogen and oxygen atoms in total. The Morgan fingerprint density at radius 2 is 1.72 bits per heavy atom. The van der Waals surface area contributed by atoms with E-state index in [4.69, 9.17) is 9.15 Å². The number of nitrogens with zero attached hydrogens (tertiary/aromatic N) is 1. The zero-order chi connectivity index (χ0) is 19.4. The first kappa shape index (κ1) is 16.0. The quantitative estimate of drug-likeness (QED) is 0.402. The van der Waals surface area contributed by atoms with E-state index in [0.717, 1.165) is 38.9 Å². The summed E-state index contributed by atoms with van der Waals surface area (Å²) < 4.78 is 11.9. The largest absolute Gasteiger partial charge is 0.507 e. The molecule has 0 radical (unpaired) electrons. The van der Waals surface area contributed by atoms with Gasteiger partial charge in [0.25, 0.3) is 0 Å². The zero-order valence-electron chi connectivity index (χ0n) is 15.3. The Morgan fingerprint density at radius 3 is 2.62 bits per heavy atom. The van der Waals surface area contributed by atoms with Gasteiger partial charge in [-0.1, -0.05) is 30.3 Å². The summed E-state index contributed by atoms with van der Waals surface area (Å²) in [4.78, 5) is 4.58. The van der Waals surface area contributed by atoms with Crippen molar-refractivity contribution < 1.29 is 14.3 Å². The summed E-state index contributed by atoms with van der Waals surface area (Å²) in [7, 11) is 0. The SMILES string of the molecule is Oc1cc2ccc(-c3nc4ccccc4o3)cc2cc1C1Nc2ccccc2O1. The Bertz CT molecular complexity index is 1330. The molecule has 0 bridgehead atoms. The summed E-state index contributed by atoms with van der Waals surface area (Å²) >= 11 is 0. The topological polar surface area (TPSA) is 67.5 Å². The van der Waals surface area contributed by atoms with Crippen molar-refractivity contribution in [3.05, 3.63) is 84.4 Å². The van der Waals surface area contributed by atoms with Crippen LogP contribution in [0.1, 0.15) is 11.8 Å². The number of oxazole rings is 1. The van der Waals surface area contributed by atoms with Crippen LogP contribution in [-0.4, -0.2) is 10.1 Å². The molecule has 5 aromatic rings. The van der Waals surface area contributed by atoms with Gasteiger partial charge in [0.15, 0.2) is 11.8 Å². The van der Waals surface area contributed by atoms with E-state index < -0.39 is 6.23 Å². The summed E-state index contributed by atoms with van der Waals surface area (Å²) in [5.41, 5.74) is 4.07. The minimum atomic E-state index is -0.440. The second-order valence-corrected chi connectivity index (χ2v) is 7.10. The van der Waals surface area contributed by atoms with Crippen molar-refractivity contribution in [3.8, 4) is 23.0 Å². The highest BCUT2D eigenvalue weighted by molar-refractivity contribution is 5.89. The molecule has 1 aliphatic heterocycles. The number of phenolic OH excluding ortho intramolecular Hbond substituents is 1. The van der Waals surface area contributed by atoms with Crippen molar-refractivity contribution in [2.75, 3.05) is 5.32 Å². The minimum Gasteiger partial charge on any atom is -0.507 e. The molecular weight excluding hydrogens is 364 g/mol. The van der Waals surface area contributed by atoms with Gasteiger partial charge < -0.3 is 19.6 Å². The van der Waals surface area contributed by atoms with Crippen molar-refractivity contribution in [2.45, 2.75) is 6.23 Å². The molecule has 29 heavy (non-hydrogen) atoms. The van der Waals surface area contributed by atoms with Crippen LogP contribution in [-0.2, 0) is 0 Å². The third kappa shape index (κ3) is 2.59. The fourth-order valence-electron chi connectivity index (χ4n) is 3.77. The van der Waals surface area contributed by atoms with Gasteiger partial charge in [0, 0.05) is 5.56 Å². The molecule has 2 N–H and O–H groups in total. The Morgan fingerprint density at radius 1 is 0.862 bits per heavy atom. The average molecular weight is 380 g/mol. The van der Waals surface area contributed by atoms with E-state index in [9.17, 15) is 5.11 Å². The smallest absolute Gasteiger partial charge is 0.227 e. The van der Waals surface area contributed by atoms with Gasteiger partial charge in [-0.15, -0.1) is 0 Å². The summed E-state index contributed by atoms with van der Waals surface area (Å²) in [6.07, 6.45) is -0.440. The Hall–Kier alpha value is -3.99. The maximum atomic E-state index is 10.6. The number of ether oxygens (including phenoxy) is 1. The van der Waals surface area contributed by atoms with Crippen molar-refractivity contribution in [1.82, 2.24) is 4.98 Å². The maximum absolute atomic E-state index is 10.6. The maximum Gasteiger partial charge on any atom is 0.227 e. The van der Waals surface area contributed by atoms with Crippen LogP contribution < -0.4 is 10.1 Å². The second kappa shape index (κ2) is 6.01. The molecule has 0 aliphatic carbocycles. The van der Waals surface area contributed by atoms with Gasteiger partial charge in [0.2, 0.25) is 5.89 Å². The lowest BCUT2D eigenvalue weighted by atomic mass is 10.0. The molecule has 6 rings (SSSR count). The number of para-hydroxylation sites is 4. The predicted molar refractivity (Wildman–Crippen MR) is 112 cm³/mol. The summed E-state index contributed by atoms with van der Waals surface area (Å²) in [6, 6.07) is 25.1. The average Bonchev–Trinajstić information content (AvgIpc) is 3.37. The molecular formula is C24H16N2O3. The first-order valence-corrected chi connectivity index (χ1v) is 9.39. The number of benzene rings is 4. The highest BCUT2D eigenvalue weighted by Gasteiger charge is 2.25. The van der Waals surface area contributed by atoms with Crippen LogP contribution in [0.15, 0.2) is 83.3 Å². The van der Waals surface area contributed by atoms with E-state index in [1.807, 2.05) is 72.8 Å². The van der Waals surface area contributed by atoms with Gasteiger partial charge in [-0.05, 0) is 59.3 Å². The van der Waals surface area contributed by atoms with E-state index in [1.165, 1.54) is 0 Å². The molecule has 2 heterocycles. The van der Waals surface area contributed by atoms with E-state index in [1.54, 1.807) is 6.07 Å². The van der Waals surface area contributed by atoms with Gasteiger partial charge in [-0.3, -0.25) is 0 Å². The number of hydrogen-bond acceptors (Lipinski definition) is 5. The number of phenols is 1. The molecule has 1 atom stereocenters. The van der Waals surface area contributed by atoms with Gasteiger partial charge in [-0.2, -0.15) is 0 Å². The highest BCUT2D eigenvalue weighted by atomic mass is 16.5. The number of fused-ring (bicyclic) bond motifs is 3. The molecule has 1 aromatic heterocycles. The second-order valence-electron chi connectivity index (χ2n) is 7.10. The zero-order valence-corrected chi connectivity index (χ0v) is 15.3. The number of hydrogen-bond donors (Lipinski definition) is 2. The normalized spacial score (nSPS) is 15.2. The first-order valence-electron chi connectivity index (χ1n) is 9.39. The van der Waals surface area contributed by atoms with Gasteiger partial charge in [0.1, 0.15) is 17.0 Å². The molecule has 4 aromatic carbocycles. The molecule has 0 fully saturated rings. The summed E-state index contributed by atoms with van der Waals surface area (Å²) in [5, 5.41) is 15.8. The third-order valence-electron chi connectivity index (χ3n) is 5.23. The first-order chi connectivity index (χ1) is 14.2. The molecule has 5 heteroatoms. The van der Waals surface area contributed by atoms with Crippen LogP contribution in [0.3, 0.4) is 0 Å². The predicted octanol–water partition coefficient (Wildman–Crippen LogP) is 5.86. The van der Waals surface area contributed by atoms with Crippen LogP contribution in [0.2, 0.25) is 0 Å². The van der Waals surface area contributed by atoms with Gasteiger partial charge in [0.05, 0.1) is 11.3 Å². The van der Waals surface area contributed by atoms with E-state index in [2.05, 4.69) is 10.3 Å². The van der Waals surface area contributed by atoms with Crippen LogP contribution >= 0.6 is 0 Å². The Balaban J connectivity index is 1.43. The van der Waals surface area contributed by atoms with Crippen molar-refractivity contribution in [1.29, 1.82) is 0 Å². The van der Waals surface area contributed by atoms with Gasteiger partial charge in [-0.25, -0.2) is 4.98 Å². The Kier molecular flexibility index (Phi) is 3.32. The van der Waals surface area contributed by atoms with Crippen LogP contribution in [0, 0.1) is 0 Å². The summed E-state index contributed by atoms with van der Waals surface area (Å²) in [5.74, 6) is 1.54. The molecule has 1 unspecified atom stereocenters. The van der Waals surface area contributed by atoms with E-state index >= 15 is 0 Å². The standard InChI is InChI=1S/C24H16N2O3/c27-20-13-14-9-10-15(23-25-18-5-1-3-7-21(18)28-23)11-16(14)12-17(20)24-26-19-6-2-4-8-22(19)29-24/h1-13,24,26-27H. The molecule has 0 saturated carbocycles. The monoisotopic (exact) mass is 380 g/mol. The summed E-state index contributed by atoms with van der Waals surface area (Å²) in [6.45, 7) is 0. The number of rotatable bonds is 2. The van der Waals surface area contributed by atoms with Crippen molar-refractivity contribution >= 4 is 27.6 Å². The lowest BCUT2D eigenvalue weighted by Gasteiger charge is -2.14. The molecule has 140 valence electrons. The fourth-order valence-corrected chi connectivity index (χ4v) is 3.77. The number of nitrogens with one attached hydrogen (secondary N) is 1. The van der Waals surface area contributed by atoms with Gasteiger partial charge >= 0.3 is 0 Å². The molecule has 0 saturated heterocycles. The molecule has 0 spiro atoms. The number of aromatic nitrogens is 1. The van der Waals surface area contributed by atoms with Crippen LogP contribution in [0.4, 0.5) is 5.69 Å². The highest BCUT2D eigenvalue weighted by Crippen LogP contribution is 2.41. The fraction of sp³-hybridized carbons (Fsp3) is 0.0417. The van der Waals surface area contributed by atoms with Crippen LogP contribution in [0.25, 0.3) is 33.3 Å². The van der Waals surface area contributed by atoms with Crippen molar-refractivity contribution in [2.24, 2.45) is 0 Å². The number of aromatic hydroxyl groups is 1. The lowest BCUT2D eigenvalue weighted by Crippen LogP contribution is -2.10. The van der Waals surface area contributed by atoms with Crippen LogP contribution in [0.5, 0.6) is 11.5 Å². The minimum absolute atomic E-state index is 0.192. The number of anilines is 1. The molecule has 1 aliphatic rings. The molecule has 0 amide bonds. The lowest BCUT2D eigenvalue weighted by molar-refractivity contribution is 0.254. The van der Waals surface area contributed by atoms with E-state index in [-0.39, 0.29) is 5.75 Å².